The number of fused-ring (bicyclic) bond motifs is 1. The van der Waals surface area contributed by atoms with Gasteiger partial charge in [0, 0.05) is 35.9 Å². The van der Waals surface area contributed by atoms with Crippen LogP contribution in [0.15, 0.2) is 54.6 Å². The lowest BCUT2D eigenvalue weighted by molar-refractivity contribution is 0.676. The van der Waals surface area contributed by atoms with E-state index in [1.165, 1.54) is 24.0 Å². The lowest BCUT2D eigenvalue weighted by Gasteiger charge is -2.25. The van der Waals surface area contributed by atoms with Crippen LogP contribution in [0.5, 0.6) is 0 Å². The van der Waals surface area contributed by atoms with Crippen molar-refractivity contribution in [3.63, 3.8) is 0 Å². The number of allylic oxidation sites excluding steroid dienone is 3. The third kappa shape index (κ3) is 6.40. The lowest BCUT2D eigenvalue weighted by atomic mass is 10.1. The van der Waals surface area contributed by atoms with Gasteiger partial charge in [0.2, 0.25) is 0 Å². The summed E-state index contributed by atoms with van der Waals surface area (Å²) in [6, 6.07) is 8.22. The SMILES string of the molecule is C/C=C(\C=C(/N)NC(C)Nc1ccccc1C)c1nc(N(CCC)CCC)c2c(C3CC3)cncc2n1. The molecule has 196 valence electrons. The van der Waals surface area contributed by atoms with Crippen molar-refractivity contribution in [1.82, 2.24) is 20.3 Å². The summed E-state index contributed by atoms with van der Waals surface area (Å²) in [6.07, 6.45) is 12.3. The summed E-state index contributed by atoms with van der Waals surface area (Å²) in [5.74, 6) is 2.80. The number of nitrogens with two attached hydrogens (primary N) is 1. The van der Waals surface area contributed by atoms with Gasteiger partial charge in [-0.3, -0.25) is 4.98 Å². The van der Waals surface area contributed by atoms with Gasteiger partial charge >= 0.3 is 0 Å². The van der Waals surface area contributed by atoms with Crippen LogP contribution in [-0.4, -0.2) is 34.2 Å². The number of rotatable bonds is 12. The van der Waals surface area contributed by atoms with E-state index in [4.69, 9.17) is 15.7 Å². The molecule has 1 aliphatic carbocycles. The van der Waals surface area contributed by atoms with Crippen molar-refractivity contribution in [3.05, 3.63) is 71.6 Å². The molecule has 1 aromatic carbocycles. The van der Waals surface area contributed by atoms with Crippen molar-refractivity contribution in [2.45, 2.75) is 72.4 Å². The van der Waals surface area contributed by atoms with Gasteiger partial charge in [-0.05, 0) is 75.6 Å². The molecular formula is C30H41N7. The number of aromatic nitrogens is 3. The van der Waals surface area contributed by atoms with Crippen LogP contribution >= 0.6 is 0 Å². The molecule has 7 heteroatoms. The molecule has 37 heavy (non-hydrogen) atoms. The largest absolute Gasteiger partial charge is 0.385 e. The van der Waals surface area contributed by atoms with E-state index >= 15 is 0 Å². The fourth-order valence-electron chi connectivity index (χ4n) is 4.75. The first-order valence-corrected chi connectivity index (χ1v) is 13.6. The lowest BCUT2D eigenvalue weighted by Crippen LogP contribution is -2.35. The molecule has 0 saturated heterocycles. The van der Waals surface area contributed by atoms with Crippen LogP contribution in [0.3, 0.4) is 0 Å². The first kappa shape index (κ1) is 26.5. The Labute approximate surface area is 221 Å². The molecule has 1 atom stereocenters. The maximum absolute atomic E-state index is 6.45. The minimum Gasteiger partial charge on any atom is -0.385 e. The highest BCUT2D eigenvalue weighted by atomic mass is 15.2. The monoisotopic (exact) mass is 499 g/mol. The van der Waals surface area contributed by atoms with Gasteiger partial charge in [-0.15, -0.1) is 0 Å². The normalized spacial score (nSPS) is 15.1. The zero-order chi connectivity index (χ0) is 26.4. The second kappa shape index (κ2) is 12.1. The van der Waals surface area contributed by atoms with Crippen molar-refractivity contribution >= 4 is 28.0 Å². The summed E-state index contributed by atoms with van der Waals surface area (Å²) in [7, 11) is 0. The highest BCUT2D eigenvalue weighted by molar-refractivity contribution is 5.94. The van der Waals surface area contributed by atoms with Crippen molar-refractivity contribution in [1.29, 1.82) is 0 Å². The van der Waals surface area contributed by atoms with Gasteiger partial charge < -0.3 is 21.3 Å². The maximum Gasteiger partial charge on any atom is 0.162 e. The average molecular weight is 500 g/mol. The second-order valence-corrected chi connectivity index (χ2v) is 9.92. The van der Waals surface area contributed by atoms with Crippen LogP contribution in [0.1, 0.15) is 76.2 Å². The van der Waals surface area contributed by atoms with E-state index < -0.39 is 0 Å². The molecule has 1 unspecified atom stereocenters. The molecule has 3 aromatic rings. The maximum atomic E-state index is 6.45. The molecule has 7 nitrogen and oxygen atoms in total. The molecule has 0 aliphatic heterocycles. The van der Waals surface area contributed by atoms with Crippen molar-refractivity contribution in [3.8, 4) is 0 Å². The van der Waals surface area contributed by atoms with Crippen LogP contribution in [-0.2, 0) is 0 Å². The van der Waals surface area contributed by atoms with Crippen LogP contribution in [0, 0.1) is 6.92 Å². The molecular weight excluding hydrogens is 458 g/mol. The standard InChI is InChI=1S/C30H41N7/c1-6-15-37(16-7-2)30-28-24(23-13-14-23)18-32-19-26(28)35-29(36-30)22(8-3)17-27(31)34-21(5)33-25-12-10-9-11-20(25)4/h8-12,17-19,21,23,33-34H,6-7,13-16,31H2,1-5H3/b22-8+,27-17+. The predicted octanol–water partition coefficient (Wildman–Crippen LogP) is 6.09. The third-order valence-corrected chi connectivity index (χ3v) is 6.70. The number of hydrogen-bond acceptors (Lipinski definition) is 7. The van der Waals surface area contributed by atoms with E-state index in [0.29, 0.717) is 17.6 Å². The van der Waals surface area contributed by atoms with Crippen molar-refractivity contribution in [2.75, 3.05) is 23.3 Å². The summed E-state index contributed by atoms with van der Waals surface area (Å²) in [6.45, 7) is 12.5. The number of nitrogens with one attached hydrogen (secondary N) is 2. The first-order chi connectivity index (χ1) is 17.9. The third-order valence-electron chi connectivity index (χ3n) is 6.70. The molecule has 0 spiro atoms. The Morgan fingerprint density at radius 2 is 1.86 bits per heavy atom. The zero-order valence-corrected chi connectivity index (χ0v) is 22.9. The Kier molecular flexibility index (Phi) is 8.64. The molecule has 0 bridgehead atoms. The van der Waals surface area contributed by atoms with Crippen LogP contribution in [0.25, 0.3) is 16.5 Å². The molecule has 1 aliphatic rings. The van der Waals surface area contributed by atoms with E-state index in [0.717, 1.165) is 53.9 Å². The highest BCUT2D eigenvalue weighted by Crippen LogP contribution is 2.44. The van der Waals surface area contributed by atoms with Gasteiger partial charge in [0.15, 0.2) is 5.82 Å². The Morgan fingerprint density at radius 1 is 1.14 bits per heavy atom. The number of nitrogens with zero attached hydrogens (tertiary/aromatic N) is 4. The minimum atomic E-state index is -0.0570. The van der Waals surface area contributed by atoms with Crippen molar-refractivity contribution in [2.24, 2.45) is 5.73 Å². The van der Waals surface area contributed by atoms with E-state index in [1.54, 1.807) is 0 Å². The zero-order valence-electron chi connectivity index (χ0n) is 22.9. The van der Waals surface area contributed by atoms with E-state index in [2.05, 4.69) is 53.4 Å². The van der Waals surface area contributed by atoms with Crippen LogP contribution in [0.2, 0.25) is 0 Å². The van der Waals surface area contributed by atoms with Crippen molar-refractivity contribution < 1.29 is 0 Å². The molecule has 4 N–H and O–H groups in total. The Morgan fingerprint density at radius 3 is 2.51 bits per heavy atom. The van der Waals surface area contributed by atoms with Gasteiger partial charge in [0.25, 0.3) is 0 Å². The Bertz CT molecular complexity index is 1270. The number of aryl methyl sites for hydroxylation is 1. The van der Waals surface area contributed by atoms with Gasteiger partial charge in [-0.25, -0.2) is 9.97 Å². The smallest absolute Gasteiger partial charge is 0.162 e. The number of para-hydroxylation sites is 1. The van der Waals surface area contributed by atoms with Crippen LogP contribution < -0.4 is 21.3 Å². The number of anilines is 2. The van der Waals surface area contributed by atoms with Gasteiger partial charge in [-0.2, -0.15) is 0 Å². The quantitative estimate of drug-likeness (QED) is 0.205. The summed E-state index contributed by atoms with van der Waals surface area (Å²) in [4.78, 5) is 17.1. The molecule has 0 amide bonds. The van der Waals surface area contributed by atoms with Crippen LogP contribution in [0.4, 0.5) is 11.5 Å². The van der Waals surface area contributed by atoms with Gasteiger partial charge in [0.1, 0.15) is 5.82 Å². The molecule has 1 fully saturated rings. The average Bonchev–Trinajstić information content (AvgIpc) is 3.73. The summed E-state index contributed by atoms with van der Waals surface area (Å²) < 4.78 is 0. The predicted molar refractivity (Wildman–Crippen MR) is 155 cm³/mol. The molecule has 4 rings (SSSR count). The molecule has 2 heterocycles. The first-order valence-electron chi connectivity index (χ1n) is 13.6. The molecule has 0 radical (unpaired) electrons. The second-order valence-electron chi connectivity index (χ2n) is 9.92. The topological polar surface area (TPSA) is 92.0 Å². The van der Waals surface area contributed by atoms with E-state index in [1.807, 2.05) is 50.5 Å². The number of hydrogen-bond donors (Lipinski definition) is 3. The van der Waals surface area contributed by atoms with Gasteiger partial charge in [-0.1, -0.05) is 38.1 Å². The summed E-state index contributed by atoms with van der Waals surface area (Å²) in [5, 5.41) is 7.98. The van der Waals surface area contributed by atoms with E-state index in [-0.39, 0.29) is 6.17 Å². The fraction of sp³-hybridized carbons (Fsp3) is 0.433. The summed E-state index contributed by atoms with van der Waals surface area (Å²) in [5.41, 5.74) is 11.8. The Balaban J connectivity index is 1.67. The minimum absolute atomic E-state index is 0.0570. The van der Waals surface area contributed by atoms with Gasteiger partial charge in [0.05, 0.1) is 23.7 Å². The fourth-order valence-corrected chi connectivity index (χ4v) is 4.75. The Hall–Kier alpha value is -3.61. The highest BCUT2D eigenvalue weighted by Gasteiger charge is 2.29. The molecule has 2 aromatic heterocycles. The van der Waals surface area contributed by atoms with E-state index in [9.17, 15) is 0 Å². The number of benzene rings is 1. The summed E-state index contributed by atoms with van der Waals surface area (Å²) >= 11 is 0. The number of pyridine rings is 1. The molecule has 1 saturated carbocycles.